The highest BCUT2D eigenvalue weighted by Crippen LogP contribution is 2.69. The van der Waals surface area contributed by atoms with Gasteiger partial charge in [-0.15, -0.1) is 11.8 Å². The molecule has 1 aromatic heterocycles. The second kappa shape index (κ2) is 10.9. The SMILES string of the molecule is Cc1ccc(N2C(=O)C3C(C2=O)[C@@H]2C[C@H]3C3Sc4[nH]c(=O)sc4[C@H](c4cc(Cl)ccc4OCC(=O)Nc4ccccc4)C32)cc1. The number of para-hydroxylation sites is 1. The van der Waals surface area contributed by atoms with Gasteiger partial charge in [-0.05, 0) is 73.6 Å². The number of thiazole rings is 1. The fraction of sp³-hybridized carbons (Fsp3) is 0.294. The number of benzene rings is 3. The van der Waals surface area contributed by atoms with Crippen molar-refractivity contribution in [2.45, 2.75) is 29.5 Å². The van der Waals surface area contributed by atoms with E-state index in [1.165, 1.54) is 4.90 Å². The number of hydrogen-bond donors (Lipinski definition) is 2. The molecule has 0 spiro atoms. The maximum absolute atomic E-state index is 14.0. The van der Waals surface area contributed by atoms with E-state index in [9.17, 15) is 19.2 Å². The Morgan fingerprint density at radius 2 is 1.73 bits per heavy atom. The van der Waals surface area contributed by atoms with Crippen LogP contribution in [0, 0.1) is 36.5 Å². The number of aromatic nitrogens is 1. The van der Waals surface area contributed by atoms with Gasteiger partial charge in [-0.3, -0.25) is 24.1 Å². The van der Waals surface area contributed by atoms with Crippen LogP contribution in [0.25, 0.3) is 0 Å². The van der Waals surface area contributed by atoms with E-state index in [1.54, 1.807) is 36.0 Å². The Kier molecular flexibility index (Phi) is 6.92. The van der Waals surface area contributed by atoms with Gasteiger partial charge in [0.25, 0.3) is 5.91 Å². The number of amides is 3. The smallest absolute Gasteiger partial charge is 0.305 e. The Balaban J connectivity index is 1.15. The van der Waals surface area contributed by atoms with Gasteiger partial charge in [-0.25, -0.2) is 0 Å². The molecule has 8 nitrogen and oxygen atoms in total. The molecule has 4 aliphatic rings. The molecule has 8 rings (SSSR count). The Labute approximate surface area is 272 Å². The summed E-state index contributed by atoms with van der Waals surface area (Å²) in [5.74, 6) is -1.29. The molecule has 0 radical (unpaired) electrons. The van der Waals surface area contributed by atoms with Crippen molar-refractivity contribution in [2.24, 2.45) is 29.6 Å². The van der Waals surface area contributed by atoms with Gasteiger partial charge in [0.1, 0.15) is 5.75 Å². The van der Waals surface area contributed by atoms with Gasteiger partial charge in [-0.1, -0.05) is 58.8 Å². The third kappa shape index (κ3) is 4.64. The van der Waals surface area contributed by atoms with Crippen LogP contribution in [0.3, 0.4) is 0 Å². The van der Waals surface area contributed by atoms with E-state index in [0.29, 0.717) is 22.1 Å². The minimum atomic E-state index is -0.425. The van der Waals surface area contributed by atoms with Gasteiger partial charge in [0.15, 0.2) is 6.61 Å². The van der Waals surface area contributed by atoms with Gasteiger partial charge in [0.2, 0.25) is 11.8 Å². The largest absolute Gasteiger partial charge is 0.483 e. The molecule has 228 valence electrons. The second-order valence-corrected chi connectivity index (χ2v) is 14.8. The van der Waals surface area contributed by atoms with Crippen molar-refractivity contribution < 1.29 is 19.1 Å². The Bertz CT molecular complexity index is 1910. The van der Waals surface area contributed by atoms with Crippen LogP contribution in [-0.2, 0) is 14.4 Å². The topological polar surface area (TPSA) is 109 Å². The van der Waals surface area contributed by atoms with E-state index in [2.05, 4.69) is 10.3 Å². The summed E-state index contributed by atoms with van der Waals surface area (Å²) >= 11 is 9.37. The Morgan fingerprint density at radius 1 is 1.00 bits per heavy atom. The van der Waals surface area contributed by atoms with Crippen molar-refractivity contribution in [3.05, 3.63) is 103 Å². The lowest BCUT2D eigenvalue weighted by Crippen LogP contribution is -2.42. The van der Waals surface area contributed by atoms with Crippen molar-refractivity contribution >= 4 is 63.8 Å². The summed E-state index contributed by atoms with van der Waals surface area (Å²) in [4.78, 5) is 58.6. The van der Waals surface area contributed by atoms with Crippen LogP contribution in [0.15, 0.2) is 82.6 Å². The van der Waals surface area contributed by atoms with Crippen LogP contribution in [0.1, 0.15) is 28.3 Å². The summed E-state index contributed by atoms with van der Waals surface area (Å²) in [6.07, 6.45) is 0.767. The molecule has 2 N–H and O–H groups in total. The van der Waals surface area contributed by atoms with Crippen molar-refractivity contribution in [3.63, 3.8) is 0 Å². The predicted molar refractivity (Wildman–Crippen MR) is 174 cm³/mol. The number of anilines is 2. The van der Waals surface area contributed by atoms with Crippen LogP contribution in [-0.4, -0.2) is 34.6 Å². The number of imide groups is 1. The third-order valence-electron chi connectivity index (χ3n) is 9.74. The molecule has 11 heteroatoms. The molecular weight excluding hydrogens is 630 g/mol. The van der Waals surface area contributed by atoms with Crippen molar-refractivity contribution in [2.75, 3.05) is 16.8 Å². The van der Waals surface area contributed by atoms with E-state index in [-0.39, 0.29) is 64.0 Å². The number of aryl methyl sites for hydroxylation is 1. The van der Waals surface area contributed by atoms with Gasteiger partial charge < -0.3 is 15.0 Å². The molecule has 3 heterocycles. The van der Waals surface area contributed by atoms with Gasteiger partial charge in [0, 0.05) is 32.3 Å². The minimum absolute atomic E-state index is 0.0128. The number of H-pyrrole nitrogens is 1. The summed E-state index contributed by atoms with van der Waals surface area (Å²) in [5, 5.41) is 4.15. The number of halogens is 1. The first-order valence-electron chi connectivity index (χ1n) is 14.9. The van der Waals surface area contributed by atoms with Gasteiger partial charge in [-0.2, -0.15) is 0 Å². The van der Waals surface area contributed by atoms with Crippen LogP contribution in [0.2, 0.25) is 5.02 Å². The number of ether oxygens (including phenoxy) is 1. The molecule has 3 fully saturated rings. The van der Waals surface area contributed by atoms with Crippen molar-refractivity contribution in [3.8, 4) is 5.75 Å². The second-order valence-electron chi connectivity index (χ2n) is 12.2. The molecule has 1 saturated heterocycles. The molecule has 4 aromatic rings. The maximum atomic E-state index is 14.0. The summed E-state index contributed by atoms with van der Waals surface area (Å²) in [7, 11) is 0. The number of rotatable bonds is 6. The van der Waals surface area contributed by atoms with Crippen LogP contribution < -0.4 is 19.8 Å². The van der Waals surface area contributed by atoms with E-state index in [0.717, 1.165) is 38.8 Å². The van der Waals surface area contributed by atoms with Crippen molar-refractivity contribution in [1.29, 1.82) is 0 Å². The van der Waals surface area contributed by atoms with Crippen LogP contribution in [0.4, 0.5) is 11.4 Å². The Morgan fingerprint density at radius 3 is 2.49 bits per heavy atom. The van der Waals surface area contributed by atoms with E-state index in [4.69, 9.17) is 16.3 Å². The zero-order valence-electron chi connectivity index (χ0n) is 24.1. The van der Waals surface area contributed by atoms with E-state index < -0.39 is 5.92 Å². The average Bonchev–Trinajstić information content (AvgIpc) is 3.76. The molecule has 45 heavy (non-hydrogen) atoms. The predicted octanol–water partition coefficient (Wildman–Crippen LogP) is 6.09. The number of hydrogen-bond acceptors (Lipinski definition) is 7. The molecule has 3 aromatic carbocycles. The van der Waals surface area contributed by atoms with Gasteiger partial charge >= 0.3 is 4.87 Å². The summed E-state index contributed by atoms with van der Waals surface area (Å²) in [6.45, 7) is 1.76. The zero-order valence-corrected chi connectivity index (χ0v) is 26.5. The third-order valence-corrected chi connectivity index (χ3v) is 12.6. The van der Waals surface area contributed by atoms with E-state index in [1.807, 2.05) is 55.5 Å². The first-order valence-corrected chi connectivity index (χ1v) is 17.0. The number of nitrogens with zero attached hydrogens (tertiary/aromatic N) is 1. The summed E-state index contributed by atoms with van der Waals surface area (Å²) in [5.41, 5.74) is 3.11. The first-order chi connectivity index (χ1) is 21.8. The normalized spacial score (nSPS) is 27.7. The number of fused-ring (bicyclic) bond motifs is 9. The molecule has 7 atom stereocenters. The van der Waals surface area contributed by atoms with Crippen LogP contribution >= 0.6 is 34.7 Å². The lowest BCUT2D eigenvalue weighted by Gasteiger charge is -2.43. The molecule has 2 aliphatic carbocycles. The molecule has 2 saturated carbocycles. The number of aromatic amines is 1. The maximum Gasteiger partial charge on any atom is 0.305 e. The lowest BCUT2D eigenvalue weighted by atomic mass is 9.68. The fourth-order valence-corrected chi connectivity index (χ4v) is 11.1. The molecule has 2 aliphatic heterocycles. The Hall–Kier alpha value is -3.86. The minimum Gasteiger partial charge on any atom is -0.483 e. The number of nitrogens with one attached hydrogen (secondary N) is 2. The zero-order chi connectivity index (χ0) is 31.0. The quantitative estimate of drug-likeness (QED) is 0.243. The summed E-state index contributed by atoms with van der Waals surface area (Å²) in [6, 6.07) is 22.0. The van der Waals surface area contributed by atoms with Crippen molar-refractivity contribution in [1.82, 2.24) is 4.98 Å². The number of carbonyl (C=O) groups is 3. The average molecular weight is 658 g/mol. The standard InChI is InChI=1S/C34H28ClN3O5S2/c1-16-7-10-19(11-8-16)38-32(40)27-21-14-22(28(27)33(38)41)29-26(21)25(30-31(44-29)37-34(42)45-30)20-13-17(35)9-12-23(20)43-15-24(39)36-18-5-3-2-4-6-18/h2-13,21-22,25-29H,14-15H2,1H3,(H,36,39)(H,37,42)/t21-,22-,25-,26?,27?,28?,29?/m1/s1. The highest BCUT2D eigenvalue weighted by Gasteiger charge is 2.69. The molecule has 2 bridgehead atoms. The van der Waals surface area contributed by atoms with Gasteiger partial charge in [0.05, 0.1) is 22.5 Å². The summed E-state index contributed by atoms with van der Waals surface area (Å²) < 4.78 is 6.15. The van der Waals surface area contributed by atoms with E-state index >= 15 is 0 Å². The van der Waals surface area contributed by atoms with Crippen LogP contribution in [0.5, 0.6) is 5.75 Å². The number of carbonyl (C=O) groups excluding carboxylic acids is 3. The monoisotopic (exact) mass is 657 g/mol. The first kappa shape index (κ1) is 28.6. The highest BCUT2D eigenvalue weighted by molar-refractivity contribution is 8.00. The lowest BCUT2D eigenvalue weighted by molar-refractivity contribution is -0.123. The number of thioether (sulfide) groups is 1. The molecule has 3 amide bonds. The fourth-order valence-electron chi connectivity index (χ4n) is 8.07. The highest BCUT2D eigenvalue weighted by atomic mass is 35.5. The molecular formula is C34H28ClN3O5S2. The molecule has 4 unspecified atom stereocenters.